The van der Waals surface area contributed by atoms with E-state index >= 15 is 0 Å². The minimum atomic E-state index is -0.428. The summed E-state index contributed by atoms with van der Waals surface area (Å²) in [5.41, 5.74) is 1.47. The Hall–Kier alpha value is -1.66. The van der Waals surface area contributed by atoms with Gasteiger partial charge in [-0.15, -0.1) is 11.3 Å². The third-order valence-corrected chi connectivity index (χ3v) is 4.44. The van der Waals surface area contributed by atoms with Gasteiger partial charge in [-0.05, 0) is 53.4 Å². The van der Waals surface area contributed by atoms with Gasteiger partial charge in [0.1, 0.15) is 0 Å². The summed E-state index contributed by atoms with van der Waals surface area (Å²) < 4.78 is 10.7. The van der Waals surface area contributed by atoms with Gasteiger partial charge in [-0.1, -0.05) is 6.07 Å². The standard InChI is InChI=1S/C16H15BrO4S/c1-3-20-15(18)11-9-13(17)12(16(19)21-4-2)8-10(11)14-6-5-7-22-14/h5-9H,3-4H2,1-2H3. The van der Waals surface area contributed by atoms with Gasteiger partial charge in [0.2, 0.25) is 0 Å². The molecule has 0 N–H and O–H groups in total. The van der Waals surface area contributed by atoms with E-state index in [2.05, 4.69) is 15.9 Å². The number of ether oxygens (including phenoxy) is 2. The normalized spacial score (nSPS) is 10.3. The Morgan fingerprint density at radius 3 is 2.27 bits per heavy atom. The van der Waals surface area contributed by atoms with Crippen LogP contribution in [0.1, 0.15) is 34.6 Å². The number of esters is 2. The number of hydrogen-bond donors (Lipinski definition) is 0. The summed E-state index contributed by atoms with van der Waals surface area (Å²) in [6.07, 6.45) is 0. The Labute approximate surface area is 141 Å². The van der Waals surface area contributed by atoms with Crippen LogP contribution in [0.3, 0.4) is 0 Å². The predicted molar refractivity (Wildman–Crippen MR) is 89.4 cm³/mol. The van der Waals surface area contributed by atoms with Gasteiger partial charge in [-0.25, -0.2) is 9.59 Å². The van der Waals surface area contributed by atoms with Crippen LogP contribution in [-0.4, -0.2) is 25.2 Å². The summed E-state index contributed by atoms with van der Waals surface area (Å²) in [6.45, 7) is 4.09. The van der Waals surface area contributed by atoms with Crippen molar-refractivity contribution < 1.29 is 19.1 Å². The van der Waals surface area contributed by atoms with Gasteiger partial charge < -0.3 is 9.47 Å². The quantitative estimate of drug-likeness (QED) is 0.712. The van der Waals surface area contributed by atoms with Crippen LogP contribution < -0.4 is 0 Å². The van der Waals surface area contributed by atoms with E-state index < -0.39 is 11.9 Å². The Balaban J connectivity index is 2.57. The van der Waals surface area contributed by atoms with E-state index in [9.17, 15) is 9.59 Å². The Morgan fingerprint density at radius 2 is 1.73 bits per heavy atom. The fraction of sp³-hybridized carbons (Fsp3) is 0.250. The maximum absolute atomic E-state index is 12.2. The number of rotatable bonds is 5. The summed E-state index contributed by atoms with van der Waals surface area (Å²) >= 11 is 4.82. The van der Waals surface area contributed by atoms with Crippen molar-refractivity contribution >= 4 is 39.2 Å². The van der Waals surface area contributed by atoms with Gasteiger partial charge in [0.05, 0.1) is 24.3 Å². The first-order valence-corrected chi connectivity index (χ1v) is 8.47. The van der Waals surface area contributed by atoms with Gasteiger partial charge in [-0.3, -0.25) is 0 Å². The monoisotopic (exact) mass is 382 g/mol. The van der Waals surface area contributed by atoms with E-state index in [-0.39, 0.29) is 0 Å². The molecule has 1 heterocycles. The minimum Gasteiger partial charge on any atom is -0.462 e. The molecule has 22 heavy (non-hydrogen) atoms. The van der Waals surface area contributed by atoms with E-state index in [0.29, 0.717) is 34.4 Å². The van der Waals surface area contributed by atoms with Crippen LogP contribution >= 0.6 is 27.3 Å². The van der Waals surface area contributed by atoms with Crippen molar-refractivity contribution in [2.45, 2.75) is 13.8 Å². The summed E-state index contributed by atoms with van der Waals surface area (Å²) in [5.74, 6) is -0.843. The van der Waals surface area contributed by atoms with Crippen LogP contribution in [0.2, 0.25) is 0 Å². The van der Waals surface area contributed by atoms with Gasteiger partial charge in [0.25, 0.3) is 0 Å². The molecule has 0 fully saturated rings. The van der Waals surface area contributed by atoms with Gasteiger partial charge in [-0.2, -0.15) is 0 Å². The van der Waals surface area contributed by atoms with E-state index in [1.165, 1.54) is 11.3 Å². The fourth-order valence-electron chi connectivity index (χ4n) is 1.95. The summed E-state index contributed by atoms with van der Waals surface area (Å²) in [6, 6.07) is 7.06. The van der Waals surface area contributed by atoms with Crippen LogP contribution in [0.5, 0.6) is 0 Å². The molecule has 0 aliphatic rings. The highest BCUT2D eigenvalue weighted by atomic mass is 79.9. The Kier molecular flexibility index (Phi) is 5.74. The molecule has 4 nitrogen and oxygen atoms in total. The second kappa shape index (κ2) is 7.56. The highest BCUT2D eigenvalue weighted by Crippen LogP contribution is 2.33. The molecular weight excluding hydrogens is 368 g/mol. The van der Waals surface area contributed by atoms with Crippen LogP contribution in [0.25, 0.3) is 10.4 Å². The molecule has 0 aliphatic heterocycles. The maximum Gasteiger partial charge on any atom is 0.339 e. The first-order valence-electron chi connectivity index (χ1n) is 6.80. The van der Waals surface area contributed by atoms with E-state index in [0.717, 1.165) is 4.88 Å². The maximum atomic E-state index is 12.2. The zero-order valence-corrected chi connectivity index (χ0v) is 14.6. The number of carbonyl (C=O) groups excluding carboxylic acids is 2. The highest BCUT2D eigenvalue weighted by Gasteiger charge is 2.21. The summed E-state index contributed by atoms with van der Waals surface area (Å²) in [7, 11) is 0. The molecular formula is C16H15BrO4S. The molecule has 0 spiro atoms. The van der Waals surface area contributed by atoms with Gasteiger partial charge in [0.15, 0.2) is 0 Å². The first kappa shape index (κ1) is 16.7. The predicted octanol–water partition coefficient (Wildman–Crippen LogP) is 4.53. The number of halogens is 1. The number of hydrogen-bond acceptors (Lipinski definition) is 5. The van der Waals surface area contributed by atoms with Crippen molar-refractivity contribution in [2.24, 2.45) is 0 Å². The highest BCUT2D eigenvalue weighted by molar-refractivity contribution is 9.10. The third-order valence-electron chi connectivity index (χ3n) is 2.88. The molecule has 0 saturated carbocycles. The Morgan fingerprint density at radius 1 is 1.09 bits per heavy atom. The molecule has 0 aliphatic carbocycles. The number of benzene rings is 1. The molecule has 0 bridgehead atoms. The average molecular weight is 383 g/mol. The molecule has 0 atom stereocenters. The third kappa shape index (κ3) is 3.56. The Bertz CT molecular complexity index is 680. The first-order chi connectivity index (χ1) is 10.6. The number of carbonyl (C=O) groups is 2. The second-order valence-corrected chi connectivity index (χ2v) is 6.10. The van der Waals surface area contributed by atoms with Crippen LogP contribution in [0.15, 0.2) is 34.1 Å². The zero-order chi connectivity index (χ0) is 16.1. The van der Waals surface area contributed by atoms with Crippen molar-refractivity contribution in [2.75, 3.05) is 13.2 Å². The molecule has 0 radical (unpaired) electrons. The van der Waals surface area contributed by atoms with Crippen LogP contribution in [0, 0.1) is 0 Å². The van der Waals surface area contributed by atoms with E-state index in [4.69, 9.17) is 9.47 Å². The summed E-state index contributed by atoms with van der Waals surface area (Å²) in [5, 5.41) is 1.91. The molecule has 2 aromatic rings. The van der Waals surface area contributed by atoms with Crippen molar-refractivity contribution in [3.8, 4) is 10.4 Å². The van der Waals surface area contributed by atoms with Crippen molar-refractivity contribution in [1.29, 1.82) is 0 Å². The fourth-order valence-corrected chi connectivity index (χ4v) is 3.21. The topological polar surface area (TPSA) is 52.6 Å². The van der Waals surface area contributed by atoms with Crippen molar-refractivity contribution in [1.82, 2.24) is 0 Å². The zero-order valence-electron chi connectivity index (χ0n) is 12.2. The lowest BCUT2D eigenvalue weighted by molar-refractivity contribution is 0.0511. The minimum absolute atomic E-state index is 0.291. The molecule has 2 rings (SSSR count). The molecule has 116 valence electrons. The van der Waals surface area contributed by atoms with Crippen LogP contribution in [-0.2, 0) is 9.47 Å². The molecule has 1 aromatic carbocycles. The molecule has 0 saturated heterocycles. The lowest BCUT2D eigenvalue weighted by Gasteiger charge is -2.12. The van der Waals surface area contributed by atoms with Gasteiger partial charge >= 0.3 is 11.9 Å². The van der Waals surface area contributed by atoms with Crippen LogP contribution in [0.4, 0.5) is 0 Å². The number of thiophene rings is 1. The van der Waals surface area contributed by atoms with E-state index in [1.54, 1.807) is 26.0 Å². The largest absolute Gasteiger partial charge is 0.462 e. The molecule has 0 amide bonds. The molecule has 0 unspecified atom stereocenters. The van der Waals surface area contributed by atoms with E-state index in [1.807, 2.05) is 17.5 Å². The molecule has 1 aromatic heterocycles. The molecule has 6 heteroatoms. The lowest BCUT2D eigenvalue weighted by Crippen LogP contribution is -2.10. The summed E-state index contributed by atoms with van der Waals surface area (Å²) in [4.78, 5) is 25.1. The van der Waals surface area contributed by atoms with Gasteiger partial charge in [0, 0.05) is 14.9 Å². The smallest absolute Gasteiger partial charge is 0.339 e. The SMILES string of the molecule is CCOC(=O)c1cc(-c2cccs2)c(C(=O)OCC)cc1Br. The van der Waals surface area contributed by atoms with Crippen molar-refractivity contribution in [3.63, 3.8) is 0 Å². The van der Waals surface area contributed by atoms with Crippen molar-refractivity contribution in [3.05, 3.63) is 45.2 Å². The average Bonchev–Trinajstić information content (AvgIpc) is 3.01. The second-order valence-electron chi connectivity index (χ2n) is 4.30. The lowest BCUT2D eigenvalue weighted by atomic mass is 10.0.